The molecule has 0 aromatic heterocycles. The minimum absolute atomic E-state index is 0. The first-order valence-electron chi connectivity index (χ1n) is 10.2. The number of aliphatic hydroxyl groups is 1. The second-order valence-electron chi connectivity index (χ2n) is 9.12. The quantitative estimate of drug-likeness (QED) is 0.683. The number of benzene rings is 2. The van der Waals surface area contributed by atoms with Crippen LogP contribution in [-0.4, -0.2) is 35.7 Å². The van der Waals surface area contributed by atoms with E-state index in [0.717, 1.165) is 17.7 Å². The third-order valence-corrected chi connectivity index (χ3v) is 6.10. The van der Waals surface area contributed by atoms with Crippen molar-refractivity contribution in [2.24, 2.45) is 0 Å². The summed E-state index contributed by atoms with van der Waals surface area (Å²) < 4.78 is 5.93. The van der Waals surface area contributed by atoms with Crippen molar-refractivity contribution >= 4 is 17.0 Å². The summed E-state index contributed by atoms with van der Waals surface area (Å²) in [5.74, 6) is -1.19. The van der Waals surface area contributed by atoms with Crippen LogP contribution in [0.4, 0.5) is 0 Å². The third-order valence-electron chi connectivity index (χ3n) is 6.10. The molecule has 3 nitrogen and oxygen atoms in total. The molecular weight excluding hydrogens is 414 g/mol. The number of ether oxygens (including phenoxy) is 1. The highest BCUT2D eigenvalue weighted by atomic mass is 79.9. The Morgan fingerprint density at radius 3 is 2.18 bits per heavy atom. The molecule has 0 amide bonds. The van der Waals surface area contributed by atoms with Crippen molar-refractivity contribution in [3.63, 3.8) is 0 Å². The van der Waals surface area contributed by atoms with Crippen LogP contribution in [0.5, 0.6) is 0 Å². The predicted octanol–water partition coefficient (Wildman–Crippen LogP) is 5.26. The van der Waals surface area contributed by atoms with Crippen molar-refractivity contribution in [2.75, 3.05) is 19.7 Å². The normalized spacial score (nSPS) is 25.6. The molecule has 2 unspecified atom stereocenters. The van der Waals surface area contributed by atoms with E-state index in [1.54, 1.807) is 0 Å². The number of halogens is 1. The Hall–Kier alpha value is -1.20. The number of nitrogens with zero attached hydrogens (tertiary/aromatic N) is 1. The van der Waals surface area contributed by atoms with Gasteiger partial charge in [0.15, 0.2) is 0 Å². The summed E-state index contributed by atoms with van der Waals surface area (Å²) in [5, 5.41) is 11.1. The zero-order chi connectivity index (χ0) is 19.1. The average molecular weight is 446 g/mol. The van der Waals surface area contributed by atoms with Crippen molar-refractivity contribution in [2.45, 2.75) is 57.3 Å². The number of piperidine rings is 1. The SMILES string of the molecule is Br.CC(C)(C)c1ccc(-c2ccc(C3(O)CN4CCCCC4CO3)cc2)cc1. The van der Waals surface area contributed by atoms with Crippen molar-refractivity contribution in [1.82, 2.24) is 4.90 Å². The Labute approximate surface area is 179 Å². The molecular formula is C24H32BrNO2. The van der Waals surface area contributed by atoms with Crippen molar-refractivity contribution < 1.29 is 9.84 Å². The monoisotopic (exact) mass is 445 g/mol. The van der Waals surface area contributed by atoms with E-state index in [4.69, 9.17) is 4.74 Å². The van der Waals surface area contributed by atoms with E-state index in [-0.39, 0.29) is 22.4 Å². The van der Waals surface area contributed by atoms with Crippen LogP contribution in [-0.2, 0) is 15.9 Å². The van der Waals surface area contributed by atoms with Gasteiger partial charge < -0.3 is 9.84 Å². The van der Waals surface area contributed by atoms with Gasteiger partial charge in [0.1, 0.15) is 0 Å². The first kappa shape index (κ1) is 21.5. The van der Waals surface area contributed by atoms with Crippen LogP contribution in [0.2, 0.25) is 0 Å². The Morgan fingerprint density at radius 1 is 0.964 bits per heavy atom. The highest BCUT2D eigenvalue weighted by Crippen LogP contribution is 2.34. The number of hydrogen-bond acceptors (Lipinski definition) is 3. The maximum Gasteiger partial charge on any atom is 0.205 e. The molecule has 2 aromatic carbocycles. The average Bonchev–Trinajstić information content (AvgIpc) is 2.67. The van der Waals surface area contributed by atoms with E-state index in [0.29, 0.717) is 19.2 Å². The number of morpholine rings is 1. The fraction of sp³-hybridized carbons (Fsp3) is 0.500. The molecule has 2 fully saturated rings. The van der Waals surface area contributed by atoms with Crippen LogP contribution in [0.15, 0.2) is 48.5 Å². The molecule has 2 saturated heterocycles. The summed E-state index contributed by atoms with van der Waals surface area (Å²) in [6.07, 6.45) is 3.67. The molecule has 2 aliphatic heterocycles. The number of hydrogen-bond donors (Lipinski definition) is 1. The lowest BCUT2D eigenvalue weighted by Gasteiger charge is -2.46. The summed E-state index contributed by atoms with van der Waals surface area (Å²) >= 11 is 0. The van der Waals surface area contributed by atoms with E-state index in [1.165, 1.54) is 30.4 Å². The van der Waals surface area contributed by atoms with E-state index in [2.05, 4.69) is 62.1 Å². The van der Waals surface area contributed by atoms with Gasteiger partial charge in [-0.15, -0.1) is 17.0 Å². The fourth-order valence-corrected chi connectivity index (χ4v) is 4.27. The maximum absolute atomic E-state index is 11.1. The van der Waals surface area contributed by atoms with Gasteiger partial charge in [0.25, 0.3) is 0 Å². The van der Waals surface area contributed by atoms with Crippen molar-refractivity contribution in [3.05, 3.63) is 59.7 Å². The van der Waals surface area contributed by atoms with Crippen LogP contribution in [0.25, 0.3) is 11.1 Å². The Kier molecular flexibility index (Phi) is 6.35. The van der Waals surface area contributed by atoms with Crippen LogP contribution in [0.3, 0.4) is 0 Å². The van der Waals surface area contributed by atoms with Crippen molar-refractivity contribution in [1.29, 1.82) is 0 Å². The van der Waals surface area contributed by atoms with E-state index < -0.39 is 5.79 Å². The van der Waals surface area contributed by atoms with Gasteiger partial charge in [-0.05, 0) is 41.5 Å². The fourth-order valence-electron chi connectivity index (χ4n) is 4.27. The zero-order valence-electron chi connectivity index (χ0n) is 17.1. The molecule has 2 heterocycles. The molecule has 4 rings (SSSR count). The second-order valence-corrected chi connectivity index (χ2v) is 9.12. The molecule has 2 aromatic rings. The van der Waals surface area contributed by atoms with Crippen LogP contribution < -0.4 is 0 Å². The van der Waals surface area contributed by atoms with E-state index in [9.17, 15) is 5.11 Å². The molecule has 152 valence electrons. The van der Waals surface area contributed by atoms with Gasteiger partial charge in [-0.25, -0.2) is 0 Å². The Bertz CT molecular complexity index is 782. The largest absolute Gasteiger partial charge is 0.361 e. The molecule has 2 atom stereocenters. The second kappa shape index (κ2) is 8.27. The van der Waals surface area contributed by atoms with E-state index >= 15 is 0 Å². The number of fused-ring (bicyclic) bond motifs is 1. The molecule has 2 aliphatic rings. The minimum atomic E-state index is -1.19. The zero-order valence-corrected chi connectivity index (χ0v) is 18.9. The first-order chi connectivity index (χ1) is 12.9. The lowest BCUT2D eigenvalue weighted by Crippen LogP contribution is -2.56. The topological polar surface area (TPSA) is 32.7 Å². The molecule has 28 heavy (non-hydrogen) atoms. The van der Waals surface area contributed by atoms with Gasteiger partial charge in [0.2, 0.25) is 5.79 Å². The maximum atomic E-state index is 11.1. The summed E-state index contributed by atoms with van der Waals surface area (Å²) in [6, 6.07) is 17.4. The lowest BCUT2D eigenvalue weighted by molar-refractivity contribution is -0.264. The molecule has 0 aliphatic carbocycles. The van der Waals surface area contributed by atoms with Crippen molar-refractivity contribution in [3.8, 4) is 11.1 Å². The Balaban J connectivity index is 0.00000225. The summed E-state index contributed by atoms with van der Waals surface area (Å²) in [7, 11) is 0. The first-order valence-corrected chi connectivity index (χ1v) is 10.2. The van der Waals surface area contributed by atoms with Crippen LogP contribution in [0, 0.1) is 0 Å². The van der Waals surface area contributed by atoms with E-state index in [1.807, 2.05) is 12.1 Å². The smallest absolute Gasteiger partial charge is 0.205 e. The van der Waals surface area contributed by atoms with Gasteiger partial charge in [0.05, 0.1) is 13.2 Å². The van der Waals surface area contributed by atoms with Gasteiger partial charge in [-0.3, -0.25) is 4.90 Å². The lowest BCUT2D eigenvalue weighted by atomic mass is 9.86. The highest BCUT2D eigenvalue weighted by molar-refractivity contribution is 8.93. The molecule has 4 heteroatoms. The van der Waals surface area contributed by atoms with Gasteiger partial charge >= 0.3 is 0 Å². The summed E-state index contributed by atoms with van der Waals surface area (Å²) in [6.45, 7) is 8.94. The summed E-state index contributed by atoms with van der Waals surface area (Å²) in [5.41, 5.74) is 4.71. The molecule has 0 radical (unpaired) electrons. The molecule has 0 bridgehead atoms. The standard InChI is InChI=1S/C24H31NO2.BrH/c1-23(2,3)20-11-7-18(8-12-20)19-9-13-21(14-10-19)24(26)17-25-15-5-4-6-22(25)16-27-24;/h7-14,22,26H,4-6,15-17H2,1-3H3;1H. The number of rotatable bonds is 2. The molecule has 0 saturated carbocycles. The Morgan fingerprint density at radius 2 is 1.57 bits per heavy atom. The van der Waals surface area contributed by atoms with Gasteiger partial charge in [0, 0.05) is 11.6 Å². The molecule has 1 N–H and O–H groups in total. The molecule has 0 spiro atoms. The summed E-state index contributed by atoms with van der Waals surface area (Å²) in [4.78, 5) is 2.39. The third kappa shape index (κ3) is 4.35. The van der Waals surface area contributed by atoms with Gasteiger partial charge in [-0.2, -0.15) is 0 Å². The minimum Gasteiger partial charge on any atom is -0.361 e. The predicted molar refractivity (Wildman–Crippen MR) is 120 cm³/mol. The van der Waals surface area contributed by atoms with Crippen LogP contribution in [0.1, 0.15) is 51.2 Å². The van der Waals surface area contributed by atoms with Crippen LogP contribution >= 0.6 is 17.0 Å². The highest BCUT2D eigenvalue weighted by Gasteiger charge is 2.41. The van der Waals surface area contributed by atoms with Gasteiger partial charge in [-0.1, -0.05) is 75.7 Å².